The SMILES string of the molecule is Nc1nc2c(ncn2C2OC(CO)C(O[PH](=O)O)C2O)c(=O)[nH]1. The van der Waals surface area contributed by atoms with Crippen LogP contribution in [0.4, 0.5) is 5.95 Å². The summed E-state index contributed by atoms with van der Waals surface area (Å²) in [5.74, 6) is -0.149. The van der Waals surface area contributed by atoms with Crippen LogP contribution in [-0.2, 0) is 13.8 Å². The number of fused-ring (bicyclic) bond motifs is 1. The summed E-state index contributed by atoms with van der Waals surface area (Å²) >= 11 is 0. The molecule has 6 N–H and O–H groups in total. The molecule has 3 heterocycles. The van der Waals surface area contributed by atoms with E-state index in [-0.39, 0.29) is 17.1 Å². The van der Waals surface area contributed by atoms with E-state index in [2.05, 4.69) is 15.0 Å². The molecule has 0 spiro atoms. The molecule has 1 aliphatic heterocycles. The summed E-state index contributed by atoms with van der Waals surface area (Å²) in [7, 11) is -3.36. The summed E-state index contributed by atoms with van der Waals surface area (Å²) in [4.78, 5) is 30.7. The van der Waals surface area contributed by atoms with Crippen molar-refractivity contribution in [1.29, 1.82) is 0 Å². The summed E-state index contributed by atoms with van der Waals surface area (Å²) in [6.07, 6.45) is -3.57. The molecule has 23 heavy (non-hydrogen) atoms. The number of rotatable bonds is 4. The van der Waals surface area contributed by atoms with Crippen molar-refractivity contribution in [2.75, 3.05) is 12.3 Å². The number of hydrogen-bond donors (Lipinski definition) is 5. The molecule has 13 heteroatoms. The quantitative estimate of drug-likeness (QED) is 0.377. The van der Waals surface area contributed by atoms with Crippen molar-refractivity contribution in [3.05, 3.63) is 16.7 Å². The van der Waals surface area contributed by atoms with Crippen LogP contribution in [0.25, 0.3) is 11.2 Å². The van der Waals surface area contributed by atoms with Gasteiger partial charge in [0.25, 0.3) is 5.56 Å². The maximum Gasteiger partial charge on any atom is 0.317 e. The molecule has 1 saturated heterocycles. The number of hydrogen-bond acceptors (Lipinski definition) is 9. The molecule has 5 unspecified atom stereocenters. The van der Waals surface area contributed by atoms with Gasteiger partial charge in [-0.1, -0.05) is 0 Å². The van der Waals surface area contributed by atoms with Gasteiger partial charge in [-0.2, -0.15) is 4.98 Å². The zero-order valence-corrected chi connectivity index (χ0v) is 12.5. The zero-order valence-electron chi connectivity index (χ0n) is 11.5. The van der Waals surface area contributed by atoms with Gasteiger partial charge in [0.1, 0.15) is 18.3 Å². The molecule has 0 aromatic carbocycles. The molecule has 0 bridgehead atoms. The number of aliphatic hydroxyl groups excluding tert-OH is 2. The van der Waals surface area contributed by atoms with E-state index < -0.39 is 45.0 Å². The van der Waals surface area contributed by atoms with Gasteiger partial charge in [-0.3, -0.25) is 18.9 Å². The third kappa shape index (κ3) is 2.76. The number of imidazole rings is 1. The molecule has 126 valence electrons. The van der Waals surface area contributed by atoms with E-state index in [9.17, 15) is 19.6 Å². The fraction of sp³-hybridized carbons (Fsp3) is 0.500. The van der Waals surface area contributed by atoms with Gasteiger partial charge < -0.3 is 30.1 Å². The number of aromatic nitrogens is 4. The Morgan fingerprint density at radius 3 is 2.96 bits per heavy atom. The Morgan fingerprint density at radius 1 is 1.57 bits per heavy atom. The Morgan fingerprint density at radius 2 is 2.30 bits per heavy atom. The molecule has 12 nitrogen and oxygen atoms in total. The van der Waals surface area contributed by atoms with Gasteiger partial charge in [0, 0.05) is 0 Å². The maximum atomic E-state index is 11.7. The van der Waals surface area contributed by atoms with Crippen LogP contribution in [0.15, 0.2) is 11.1 Å². The highest BCUT2D eigenvalue weighted by molar-refractivity contribution is 7.32. The topological polar surface area (TPSA) is 186 Å². The Hall–Kier alpha value is -1.82. The van der Waals surface area contributed by atoms with Gasteiger partial charge in [0.2, 0.25) is 5.95 Å². The van der Waals surface area contributed by atoms with Crippen molar-refractivity contribution in [3.8, 4) is 0 Å². The minimum atomic E-state index is -3.36. The third-order valence-electron chi connectivity index (χ3n) is 3.45. The summed E-state index contributed by atoms with van der Waals surface area (Å²) in [5.41, 5.74) is 4.96. The summed E-state index contributed by atoms with van der Waals surface area (Å²) < 4.78 is 22.3. The normalized spacial score (nSPS) is 29.2. The average Bonchev–Trinajstić information content (AvgIpc) is 3.01. The molecule has 2 aromatic heterocycles. The fourth-order valence-electron chi connectivity index (χ4n) is 2.49. The van der Waals surface area contributed by atoms with Crippen molar-refractivity contribution < 1.29 is 28.9 Å². The van der Waals surface area contributed by atoms with Crippen LogP contribution in [0.1, 0.15) is 6.23 Å². The lowest BCUT2D eigenvalue weighted by atomic mass is 10.1. The van der Waals surface area contributed by atoms with Crippen LogP contribution in [0.2, 0.25) is 0 Å². The molecule has 1 fully saturated rings. The molecule has 3 rings (SSSR count). The molecule has 2 aromatic rings. The van der Waals surface area contributed by atoms with E-state index >= 15 is 0 Å². The van der Waals surface area contributed by atoms with Gasteiger partial charge in [0.05, 0.1) is 12.9 Å². The van der Waals surface area contributed by atoms with E-state index in [1.165, 1.54) is 10.9 Å². The van der Waals surface area contributed by atoms with Crippen molar-refractivity contribution in [2.45, 2.75) is 24.5 Å². The van der Waals surface area contributed by atoms with E-state index in [4.69, 9.17) is 19.9 Å². The molecule has 0 saturated carbocycles. The first-order valence-corrected chi connectivity index (χ1v) is 7.75. The fourth-order valence-corrected chi connectivity index (χ4v) is 3.01. The highest BCUT2D eigenvalue weighted by Gasteiger charge is 2.46. The Kier molecular flexibility index (Phi) is 4.19. The molecule has 0 amide bonds. The number of anilines is 1. The molecule has 0 radical (unpaired) electrons. The lowest BCUT2D eigenvalue weighted by molar-refractivity contribution is -0.0504. The van der Waals surface area contributed by atoms with Crippen LogP contribution >= 0.6 is 8.25 Å². The molecular weight excluding hydrogens is 333 g/mol. The van der Waals surface area contributed by atoms with E-state index in [1.54, 1.807) is 0 Å². The van der Waals surface area contributed by atoms with Gasteiger partial charge >= 0.3 is 8.25 Å². The highest BCUT2D eigenvalue weighted by Crippen LogP contribution is 2.36. The number of H-pyrrole nitrogens is 1. The zero-order chi connectivity index (χ0) is 16.7. The highest BCUT2D eigenvalue weighted by atomic mass is 31.1. The van der Waals surface area contributed by atoms with Crippen LogP contribution in [0.5, 0.6) is 0 Å². The Bertz CT molecular complexity index is 806. The van der Waals surface area contributed by atoms with Crippen molar-refractivity contribution >= 4 is 25.4 Å². The summed E-state index contributed by atoms with van der Waals surface area (Å²) in [6.45, 7) is -0.545. The monoisotopic (exact) mass is 347 g/mol. The molecule has 5 atom stereocenters. The summed E-state index contributed by atoms with van der Waals surface area (Å²) in [5, 5.41) is 19.6. The lowest BCUT2D eigenvalue weighted by Gasteiger charge is -2.18. The number of nitrogens with one attached hydrogen (secondary N) is 1. The van der Waals surface area contributed by atoms with Crippen molar-refractivity contribution in [3.63, 3.8) is 0 Å². The second kappa shape index (κ2) is 6.00. The summed E-state index contributed by atoms with van der Waals surface area (Å²) in [6, 6.07) is 0. The second-order valence-electron chi connectivity index (χ2n) is 4.86. The van der Waals surface area contributed by atoms with Gasteiger partial charge in [0.15, 0.2) is 17.4 Å². The predicted octanol–water partition coefficient (Wildman–Crippen LogP) is -2.28. The number of ether oxygens (including phenoxy) is 1. The number of nitrogen functional groups attached to an aromatic ring is 1. The smallest absolute Gasteiger partial charge is 0.317 e. The number of aromatic amines is 1. The number of nitrogens with two attached hydrogens (primary N) is 1. The van der Waals surface area contributed by atoms with E-state index in [1.807, 2.05) is 0 Å². The van der Waals surface area contributed by atoms with Crippen molar-refractivity contribution in [2.24, 2.45) is 0 Å². The largest absolute Gasteiger partial charge is 0.394 e. The minimum absolute atomic E-state index is 0.0179. The minimum Gasteiger partial charge on any atom is -0.394 e. The average molecular weight is 347 g/mol. The number of aliphatic hydroxyl groups is 2. The Balaban J connectivity index is 2.02. The molecule has 1 aliphatic rings. The standard InChI is InChI=1S/C10H14N5O7P/c11-10-13-7-4(8(18)14-10)12-2-15(7)9-5(17)6(22-23(19)20)3(1-16)21-9/h2-3,5-6,9,16-17,23H,1H2,(H,19,20)(H3,11,13,14,18). The van der Waals surface area contributed by atoms with Crippen LogP contribution in [-0.4, -0.2) is 59.5 Å². The molecule has 0 aliphatic carbocycles. The van der Waals surface area contributed by atoms with Crippen molar-refractivity contribution in [1.82, 2.24) is 19.5 Å². The van der Waals surface area contributed by atoms with Gasteiger partial charge in [-0.05, 0) is 0 Å². The van der Waals surface area contributed by atoms with Crippen LogP contribution in [0.3, 0.4) is 0 Å². The van der Waals surface area contributed by atoms with E-state index in [0.717, 1.165) is 0 Å². The lowest BCUT2D eigenvalue weighted by Crippen LogP contribution is -2.34. The van der Waals surface area contributed by atoms with Crippen LogP contribution < -0.4 is 11.3 Å². The van der Waals surface area contributed by atoms with E-state index in [0.29, 0.717) is 0 Å². The van der Waals surface area contributed by atoms with Crippen LogP contribution in [0, 0.1) is 0 Å². The first-order chi connectivity index (χ1) is 10.9. The molecular formula is C10H14N5O7P. The maximum absolute atomic E-state index is 11.7. The van der Waals surface area contributed by atoms with Gasteiger partial charge in [-0.25, -0.2) is 4.98 Å². The third-order valence-corrected chi connectivity index (χ3v) is 3.92. The first kappa shape index (κ1) is 16.1. The second-order valence-corrected chi connectivity index (χ2v) is 5.63. The van der Waals surface area contributed by atoms with Gasteiger partial charge in [-0.15, -0.1) is 0 Å². The predicted molar refractivity (Wildman–Crippen MR) is 75.7 cm³/mol. The first-order valence-electron chi connectivity index (χ1n) is 6.48. The number of nitrogens with zero attached hydrogens (tertiary/aromatic N) is 3. The Labute approximate surface area is 128 Å².